The van der Waals surface area contributed by atoms with Gasteiger partial charge in [0.15, 0.2) is 0 Å². The molecule has 4 nitrogen and oxygen atoms in total. The molecule has 1 aromatic rings. The molecular formula is C9H18N4. The van der Waals surface area contributed by atoms with Gasteiger partial charge >= 0.3 is 0 Å². The highest BCUT2D eigenvalue weighted by atomic mass is 15.3. The Labute approximate surface area is 79.2 Å². The zero-order valence-corrected chi connectivity index (χ0v) is 8.40. The fourth-order valence-corrected chi connectivity index (χ4v) is 1.35. The topological polar surface area (TPSA) is 56.7 Å². The van der Waals surface area contributed by atoms with Crippen LogP contribution in [-0.4, -0.2) is 21.3 Å². The second-order valence-corrected chi connectivity index (χ2v) is 3.52. The van der Waals surface area contributed by atoms with Crippen LogP contribution in [0.3, 0.4) is 0 Å². The standard InChI is InChI=1S/C9H18N4/c1-8(5-6-10)3-4-9-11-7-12-13(9)2/h7-8H,3-6,10H2,1-2H3. The number of nitrogens with zero attached hydrogens (tertiary/aromatic N) is 3. The van der Waals surface area contributed by atoms with Gasteiger partial charge in [-0.15, -0.1) is 0 Å². The molecule has 1 heterocycles. The molecule has 0 aliphatic carbocycles. The molecule has 0 saturated carbocycles. The van der Waals surface area contributed by atoms with Crippen LogP contribution in [0.2, 0.25) is 0 Å². The minimum absolute atomic E-state index is 0.682. The van der Waals surface area contributed by atoms with E-state index >= 15 is 0 Å². The molecule has 2 N–H and O–H groups in total. The van der Waals surface area contributed by atoms with Gasteiger partial charge in [0.1, 0.15) is 12.2 Å². The van der Waals surface area contributed by atoms with Crippen molar-refractivity contribution >= 4 is 0 Å². The second kappa shape index (κ2) is 4.97. The highest BCUT2D eigenvalue weighted by Crippen LogP contribution is 2.09. The first kappa shape index (κ1) is 10.2. The van der Waals surface area contributed by atoms with Crippen molar-refractivity contribution in [2.45, 2.75) is 26.2 Å². The molecule has 0 amide bonds. The molecule has 0 aliphatic rings. The van der Waals surface area contributed by atoms with E-state index in [1.807, 2.05) is 11.7 Å². The normalized spacial score (nSPS) is 13.2. The summed E-state index contributed by atoms with van der Waals surface area (Å²) in [6.07, 6.45) is 4.84. The summed E-state index contributed by atoms with van der Waals surface area (Å²) in [6.45, 7) is 3.00. The van der Waals surface area contributed by atoms with Gasteiger partial charge in [-0.1, -0.05) is 6.92 Å². The van der Waals surface area contributed by atoms with Crippen molar-refractivity contribution in [2.24, 2.45) is 18.7 Å². The van der Waals surface area contributed by atoms with Crippen molar-refractivity contribution in [3.05, 3.63) is 12.2 Å². The highest BCUT2D eigenvalue weighted by Gasteiger charge is 2.04. The SMILES string of the molecule is CC(CCN)CCc1ncnn1C. The zero-order chi connectivity index (χ0) is 9.68. The van der Waals surface area contributed by atoms with E-state index in [-0.39, 0.29) is 0 Å². The fraction of sp³-hybridized carbons (Fsp3) is 0.778. The lowest BCUT2D eigenvalue weighted by Crippen LogP contribution is -2.08. The maximum absolute atomic E-state index is 5.48. The smallest absolute Gasteiger partial charge is 0.138 e. The van der Waals surface area contributed by atoms with E-state index in [1.165, 1.54) is 0 Å². The lowest BCUT2D eigenvalue weighted by Gasteiger charge is -2.08. The Hall–Kier alpha value is -0.900. The molecule has 0 radical (unpaired) electrons. The van der Waals surface area contributed by atoms with Gasteiger partial charge in [0, 0.05) is 13.5 Å². The van der Waals surface area contributed by atoms with Gasteiger partial charge in [-0.2, -0.15) is 5.10 Å². The summed E-state index contributed by atoms with van der Waals surface area (Å²) in [7, 11) is 1.93. The van der Waals surface area contributed by atoms with Crippen LogP contribution in [0.5, 0.6) is 0 Å². The predicted molar refractivity (Wildman–Crippen MR) is 52.2 cm³/mol. The highest BCUT2D eigenvalue weighted by molar-refractivity contribution is 4.83. The molecule has 0 saturated heterocycles. The summed E-state index contributed by atoms with van der Waals surface area (Å²) in [6, 6.07) is 0. The van der Waals surface area contributed by atoms with Gasteiger partial charge in [0.25, 0.3) is 0 Å². The van der Waals surface area contributed by atoms with E-state index in [0.717, 1.165) is 31.6 Å². The molecule has 1 atom stereocenters. The predicted octanol–water partition coefficient (Wildman–Crippen LogP) is 0.733. The second-order valence-electron chi connectivity index (χ2n) is 3.52. The van der Waals surface area contributed by atoms with Crippen LogP contribution in [0, 0.1) is 5.92 Å². The van der Waals surface area contributed by atoms with E-state index < -0.39 is 0 Å². The molecule has 1 rings (SSSR count). The monoisotopic (exact) mass is 182 g/mol. The summed E-state index contributed by atoms with van der Waals surface area (Å²) in [4.78, 5) is 4.17. The Balaban J connectivity index is 2.30. The maximum Gasteiger partial charge on any atom is 0.138 e. The Kier molecular flexibility index (Phi) is 3.89. The molecule has 74 valence electrons. The first-order valence-electron chi connectivity index (χ1n) is 4.77. The van der Waals surface area contributed by atoms with Crippen LogP contribution in [0.15, 0.2) is 6.33 Å². The van der Waals surface area contributed by atoms with Crippen LogP contribution in [0.4, 0.5) is 0 Å². The molecular weight excluding hydrogens is 164 g/mol. The fourth-order valence-electron chi connectivity index (χ4n) is 1.35. The van der Waals surface area contributed by atoms with Gasteiger partial charge < -0.3 is 5.73 Å². The first-order chi connectivity index (χ1) is 6.24. The third kappa shape index (κ3) is 3.14. The summed E-state index contributed by atoms with van der Waals surface area (Å²) in [5.74, 6) is 1.74. The summed E-state index contributed by atoms with van der Waals surface area (Å²) in [5, 5.41) is 4.02. The Bertz CT molecular complexity index is 244. The van der Waals surface area contributed by atoms with Crippen molar-refractivity contribution in [2.75, 3.05) is 6.54 Å². The van der Waals surface area contributed by atoms with Gasteiger partial charge in [0.05, 0.1) is 0 Å². The van der Waals surface area contributed by atoms with E-state index in [4.69, 9.17) is 5.73 Å². The van der Waals surface area contributed by atoms with Crippen LogP contribution < -0.4 is 5.73 Å². The quantitative estimate of drug-likeness (QED) is 0.730. The third-order valence-corrected chi connectivity index (χ3v) is 2.33. The number of aryl methyl sites for hydroxylation is 2. The summed E-state index contributed by atoms with van der Waals surface area (Å²) < 4.78 is 1.83. The zero-order valence-electron chi connectivity index (χ0n) is 8.40. The van der Waals surface area contributed by atoms with Crippen LogP contribution in [-0.2, 0) is 13.5 Å². The number of hydrogen-bond donors (Lipinski definition) is 1. The molecule has 1 unspecified atom stereocenters. The molecule has 0 aliphatic heterocycles. The minimum atomic E-state index is 0.682. The lowest BCUT2D eigenvalue weighted by atomic mass is 10.0. The van der Waals surface area contributed by atoms with Crippen molar-refractivity contribution in [3.63, 3.8) is 0 Å². The average molecular weight is 182 g/mol. The number of hydrogen-bond acceptors (Lipinski definition) is 3. The Morgan fingerprint density at radius 3 is 2.85 bits per heavy atom. The molecule has 0 bridgehead atoms. The number of nitrogens with two attached hydrogens (primary N) is 1. The van der Waals surface area contributed by atoms with E-state index in [2.05, 4.69) is 17.0 Å². The van der Waals surface area contributed by atoms with Crippen LogP contribution in [0.1, 0.15) is 25.6 Å². The van der Waals surface area contributed by atoms with Crippen molar-refractivity contribution < 1.29 is 0 Å². The number of rotatable bonds is 5. The molecule has 0 spiro atoms. The molecule has 4 heteroatoms. The molecule has 13 heavy (non-hydrogen) atoms. The van der Waals surface area contributed by atoms with Crippen molar-refractivity contribution in [1.82, 2.24) is 14.8 Å². The number of aromatic nitrogens is 3. The van der Waals surface area contributed by atoms with Crippen LogP contribution >= 0.6 is 0 Å². The third-order valence-electron chi connectivity index (χ3n) is 2.33. The lowest BCUT2D eigenvalue weighted by molar-refractivity contribution is 0.487. The Morgan fingerprint density at radius 1 is 1.54 bits per heavy atom. The Morgan fingerprint density at radius 2 is 2.31 bits per heavy atom. The van der Waals surface area contributed by atoms with Crippen molar-refractivity contribution in [1.29, 1.82) is 0 Å². The molecule has 1 aromatic heterocycles. The van der Waals surface area contributed by atoms with E-state index in [9.17, 15) is 0 Å². The average Bonchev–Trinajstić information content (AvgIpc) is 2.48. The van der Waals surface area contributed by atoms with E-state index in [1.54, 1.807) is 6.33 Å². The van der Waals surface area contributed by atoms with Crippen LogP contribution in [0.25, 0.3) is 0 Å². The van der Waals surface area contributed by atoms with Gasteiger partial charge in [-0.3, -0.25) is 4.68 Å². The van der Waals surface area contributed by atoms with E-state index in [0.29, 0.717) is 5.92 Å². The molecule has 0 aromatic carbocycles. The van der Waals surface area contributed by atoms with Crippen molar-refractivity contribution in [3.8, 4) is 0 Å². The van der Waals surface area contributed by atoms with Gasteiger partial charge in [0.2, 0.25) is 0 Å². The van der Waals surface area contributed by atoms with Gasteiger partial charge in [-0.05, 0) is 25.3 Å². The maximum atomic E-state index is 5.48. The minimum Gasteiger partial charge on any atom is -0.330 e. The van der Waals surface area contributed by atoms with Gasteiger partial charge in [-0.25, -0.2) is 4.98 Å². The largest absolute Gasteiger partial charge is 0.330 e. The summed E-state index contributed by atoms with van der Waals surface area (Å²) >= 11 is 0. The summed E-state index contributed by atoms with van der Waals surface area (Å²) in [5.41, 5.74) is 5.48. The molecule has 0 fully saturated rings. The first-order valence-corrected chi connectivity index (χ1v) is 4.77.